The third-order valence-corrected chi connectivity index (χ3v) is 19.8. The number of aryl methyl sites for hydroxylation is 2. The van der Waals surface area contributed by atoms with Crippen LogP contribution in [0.25, 0.3) is 31.8 Å². The van der Waals surface area contributed by atoms with Crippen molar-refractivity contribution in [1.29, 1.82) is 0 Å². The number of carboxylic acids is 1. The third-order valence-electron chi connectivity index (χ3n) is 16.9. The summed E-state index contributed by atoms with van der Waals surface area (Å²) in [4.78, 5) is 33.3. The van der Waals surface area contributed by atoms with Gasteiger partial charge in [-0.1, -0.05) is 102 Å². The maximum atomic E-state index is 14.8. The lowest BCUT2D eigenvalue weighted by atomic mass is 9.80. The van der Waals surface area contributed by atoms with Crippen LogP contribution in [0, 0.1) is 26.6 Å². The van der Waals surface area contributed by atoms with E-state index in [-0.39, 0.29) is 47.3 Å². The van der Waals surface area contributed by atoms with Gasteiger partial charge < -0.3 is 47.7 Å². The van der Waals surface area contributed by atoms with Gasteiger partial charge in [0.2, 0.25) is 12.0 Å². The number of nitrogens with zero attached hydrogens (tertiary/aromatic N) is 4. The molecule has 22 heteroatoms. The van der Waals surface area contributed by atoms with Crippen molar-refractivity contribution in [2.24, 2.45) is 0 Å². The van der Waals surface area contributed by atoms with Crippen molar-refractivity contribution in [1.82, 2.24) is 19.9 Å². The Morgan fingerprint density at radius 1 is 0.750 bits per heavy atom. The van der Waals surface area contributed by atoms with Crippen LogP contribution in [0.2, 0.25) is 5.02 Å². The molecule has 2 saturated heterocycles. The number of methoxy groups -OCH3 is 2. The zero-order valence-corrected chi connectivity index (χ0v) is 55.8. The van der Waals surface area contributed by atoms with Crippen molar-refractivity contribution in [2.75, 3.05) is 40.6 Å². The van der Waals surface area contributed by atoms with Crippen molar-refractivity contribution in [2.45, 2.75) is 101 Å². The predicted molar refractivity (Wildman–Crippen MR) is 360 cm³/mol. The number of aliphatic carboxylic acids is 1. The Morgan fingerprint density at radius 3 is 2.12 bits per heavy atom. The Morgan fingerprint density at radius 2 is 1.46 bits per heavy atom. The SMILES string of the molecule is COc1ccc(C(OCC(COS(=O)(=O)c2ccc(C)cc2)Oc2ccc(-c3c(-c4ccc(F)cc4)sc4ncnc(OC(Cc5cc(OC6CCCCO6)c(C)cc5OCc5ccnc(C6CCCO6)n5)C(=O)O)c34)c(C)c2Cl)(c2ccccc2)c2ccc(OC)cc2)cc1. The maximum absolute atomic E-state index is 14.8. The summed E-state index contributed by atoms with van der Waals surface area (Å²) < 4.78 is 105. The van der Waals surface area contributed by atoms with Crippen LogP contribution < -0.4 is 28.4 Å². The number of thiophene rings is 1. The van der Waals surface area contributed by atoms with Crippen LogP contribution in [0.5, 0.6) is 34.6 Å². The summed E-state index contributed by atoms with van der Waals surface area (Å²) in [5.74, 6) is 0.982. The highest BCUT2D eigenvalue weighted by atomic mass is 35.5. The van der Waals surface area contributed by atoms with Crippen LogP contribution in [0.4, 0.5) is 4.39 Å². The van der Waals surface area contributed by atoms with E-state index in [0.717, 1.165) is 42.4 Å². The predicted octanol–water partition coefficient (Wildman–Crippen LogP) is 15.1. The normalized spacial score (nSPS) is 15.6. The van der Waals surface area contributed by atoms with Gasteiger partial charge in [0.25, 0.3) is 10.1 Å². The first-order chi connectivity index (χ1) is 46.6. The highest BCUT2D eigenvalue weighted by Gasteiger charge is 2.40. The molecule has 10 aromatic rings. The van der Waals surface area contributed by atoms with Crippen LogP contribution in [-0.4, -0.2) is 98.6 Å². The van der Waals surface area contributed by atoms with Gasteiger partial charge >= 0.3 is 5.97 Å². The molecule has 0 spiro atoms. The van der Waals surface area contributed by atoms with E-state index in [9.17, 15) is 22.7 Å². The standard InChI is InChI=1S/C74H70ClFN4O14S2/c1-45-16-30-58(31-17-45)96(83,84)91-43-57(42-90-74(50-12-7-6-8-13-50,51-20-26-55(85-4)27-21-51)52-22-28-56(86-5)29-23-52)92-60-33-32-59(47(3)68(60)75)66-67-71(78-44-79-72(67)95-69(66)48-18-24-53(76)25-19-48)94-64(73(81)82)40-49-39-62(93-65-15-9-10-36-88-65)46(2)38-63(49)89-41-54-34-35-77-70(80-54)61-14-11-37-87-61/h6-8,12-13,16-35,38-39,44,57,61,64-65H,9-11,14-15,36-37,40-43H2,1-5H3,(H,81,82). The second kappa shape index (κ2) is 29.9. The summed E-state index contributed by atoms with van der Waals surface area (Å²) in [5, 5.41) is 11.7. The number of hydrogen-bond donors (Lipinski definition) is 1. The Balaban J connectivity index is 0.916. The van der Waals surface area contributed by atoms with Crippen molar-refractivity contribution in [3.63, 3.8) is 0 Å². The molecule has 4 unspecified atom stereocenters. The number of rotatable bonds is 27. The highest BCUT2D eigenvalue weighted by molar-refractivity contribution is 7.86. The molecule has 5 heterocycles. The van der Waals surface area contributed by atoms with Crippen LogP contribution in [0.1, 0.15) is 88.7 Å². The van der Waals surface area contributed by atoms with E-state index in [2.05, 4.69) is 9.97 Å². The molecule has 2 fully saturated rings. The molecule has 496 valence electrons. The smallest absolute Gasteiger partial charge is 0.345 e. The number of halogens is 2. The quantitative estimate of drug-likeness (QED) is 0.0374. The summed E-state index contributed by atoms with van der Waals surface area (Å²) in [5.41, 5.74) is 5.58. The zero-order chi connectivity index (χ0) is 66.9. The molecule has 4 atom stereocenters. The van der Waals surface area contributed by atoms with Crippen molar-refractivity contribution in [3.05, 3.63) is 232 Å². The van der Waals surface area contributed by atoms with E-state index in [1.54, 1.807) is 75.9 Å². The topological polar surface area (TPSA) is 215 Å². The van der Waals surface area contributed by atoms with E-state index in [0.29, 0.717) is 108 Å². The number of aromatic nitrogens is 4. The van der Waals surface area contributed by atoms with Gasteiger partial charge in [0.1, 0.15) is 76.7 Å². The van der Waals surface area contributed by atoms with Crippen molar-refractivity contribution < 1.29 is 69.5 Å². The van der Waals surface area contributed by atoms with Gasteiger partial charge in [0.15, 0.2) is 12.1 Å². The van der Waals surface area contributed by atoms with Crippen LogP contribution in [0.3, 0.4) is 0 Å². The second-order valence-corrected chi connectivity index (χ2v) is 26.3. The van der Waals surface area contributed by atoms with Crippen LogP contribution >= 0.6 is 22.9 Å². The Bertz CT molecular complexity index is 4410. The minimum Gasteiger partial charge on any atom is -0.497 e. The fourth-order valence-electron chi connectivity index (χ4n) is 11.8. The molecule has 7 aromatic carbocycles. The molecule has 0 saturated carbocycles. The van der Waals surface area contributed by atoms with Gasteiger partial charge in [-0.2, -0.15) is 8.42 Å². The van der Waals surface area contributed by atoms with E-state index >= 15 is 0 Å². The second-order valence-electron chi connectivity index (χ2n) is 23.3. The lowest BCUT2D eigenvalue weighted by molar-refractivity contribution is -0.145. The molecule has 18 nitrogen and oxygen atoms in total. The Labute approximate surface area is 565 Å². The molecule has 0 aliphatic carbocycles. The first-order valence-electron chi connectivity index (χ1n) is 31.4. The molecule has 2 aliphatic heterocycles. The summed E-state index contributed by atoms with van der Waals surface area (Å²) in [6.07, 6.45) is 3.52. The van der Waals surface area contributed by atoms with Gasteiger partial charge in [-0.05, 0) is 158 Å². The highest BCUT2D eigenvalue weighted by Crippen LogP contribution is 2.50. The summed E-state index contributed by atoms with van der Waals surface area (Å²) in [6, 6.07) is 45.6. The number of benzene rings is 7. The van der Waals surface area contributed by atoms with Crippen molar-refractivity contribution in [3.8, 4) is 56.2 Å². The number of fused-ring (bicyclic) bond motifs is 1. The van der Waals surface area contributed by atoms with E-state index in [1.807, 2.05) is 98.8 Å². The average Bonchev–Trinajstić information content (AvgIpc) is 1.43. The van der Waals surface area contributed by atoms with Crippen LogP contribution in [-0.2, 0) is 51.9 Å². The minimum absolute atomic E-state index is 0.0319. The van der Waals surface area contributed by atoms with Gasteiger partial charge in [-0.15, -0.1) is 11.3 Å². The summed E-state index contributed by atoms with van der Waals surface area (Å²) in [7, 11) is -1.20. The lowest BCUT2D eigenvalue weighted by Crippen LogP contribution is -2.39. The monoisotopic (exact) mass is 1360 g/mol. The first kappa shape index (κ1) is 66.9. The summed E-state index contributed by atoms with van der Waals surface area (Å²) >= 11 is 8.81. The van der Waals surface area contributed by atoms with Crippen LogP contribution in [0.15, 0.2) is 175 Å². The Kier molecular flexibility index (Phi) is 20.9. The van der Waals surface area contributed by atoms with E-state index < -0.39 is 52.6 Å². The average molecular weight is 1360 g/mol. The fraction of sp³-hybridized carbons (Fsp3) is 0.284. The molecule has 0 amide bonds. The molecular formula is C74H70ClFN4O14S2. The zero-order valence-electron chi connectivity index (χ0n) is 53.4. The largest absolute Gasteiger partial charge is 0.497 e. The molecule has 96 heavy (non-hydrogen) atoms. The molecule has 0 bridgehead atoms. The van der Waals surface area contributed by atoms with E-state index in [1.165, 1.54) is 41.9 Å². The fourth-order valence-corrected chi connectivity index (χ4v) is 14.1. The van der Waals surface area contributed by atoms with Gasteiger partial charge in [-0.25, -0.2) is 29.1 Å². The van der Waals surface area contributed by atoms with Crippen molar-refractivity contribution >= 4 is 49.2 Å². The third kappa shape index (κ3) is 15.0. The number of carboxylic acid groups (broad SMARTS) is 1. The maximum Gasteiger partial charge on any atom is 0.345 e. The molecule has 3 aromatic heterocycles. The lowest BCUT2D eigenvalue weighted by Gasteiger charge is -2.37. The number of ether oxygens (including phenoxy) is 9. The first-order valence-corrected chi connectivity index (χ1v) is 34.0. The molecule has 1 N–H and O–H groups in total. The molecule has 2 aliphatic rings. The van der Waals surface area contributed by atoms with Gasteiger partial charge in [0, 0.05) is 41.6 Å². The minimum atomic E-state index is -4.37. The molecule has 12 rings (SSSR count). The van der Waals surface area contributed by atoms with E-state index in [4.69, 9.17) is 68.4 Å². The molecular weight excluding hydrogens is 1290 g/mol. The Hall–Kier alpha value is -9.06. The van der Waals surface area contributed by atoms with Gasteiger partial charge in [0.05, 0.1) is 48.4 Å². The number of hydrogen-bond acceptors (Lipinski definition) is 18. The molecule has 0 radical (unpaired) electrons. The summed E-state index contributed by atoms with van der Waals surface area (Å²) in [6.45, 7) is 5.92. The number of carbonyl (C=O) groups is 1. The van der Waals surface area contributed by atoms with Gasteiger partial charge in [-0.3, -0.25) is 4.18 Å².